The topological polar surface area (TPSA) is 51.4 Å². The van der Waals surface area contributed by atoms with Crippen LogP contribution in [0.5, 0.6) is 5.19 Å². The van der Waals surface area contributed by atoms with Crippen LogP contribution in [0.2, 0.25) is 0 Å². The summed E-state index contributed by atoms with van der Waals surface area (Å²) < 4.78 is 45.8. The van der Waals surface area contributed by atoms with Gasteiger partial charge in [0.25, 0.3) is 11.1 Å². The Balaban J connectivity index is 1.47. The average Bonchev–Trinajstić information content (AvgIpc) is 2.87. The van der Waals surface area contributed by atoms with Crippen molar-refractivity contribution in [1.82, 2.24) is 9.88 Å². The molecule has 1 fully saturated rings. The molecule has 1 aliphatic carbocycles. The molecule has 0 amide bonds. The second-order valence-corrected chi connectivity index (χ2v) is 8.83. The van der Waals surface area contributed by atoms with E-state index < -0.39 is 18.2 Å². The van der Waals surface area contributed by atoms with Crippen LogP contribution in [0.4, 0.5) is 13.2 Å². The molecule has 0 unspecified atom stereocenters. The van der Waals surface area contributed by atoms with Crippen molar-refractivity contribution in [3.8, 4) is 5.19 Å². The van der Waals surface area contributed by atoms with E-state index in [1.54, 1.807) is 0 Å². The molecule has 2 heterocycles. The maximum atomic E-state index is 14.9. The number of thiazole rings is 1. The van der Waals surface area contributed by atoms with E-state index in [1.807, 2.05) is 0 Å². The predicted molar refractivity (Wildman–Crippen MR) is 97.0 cm³/mol. The number of aromatic nitrogens is 1. The molecule has 1 aromatic heterocycles. The normalized spacial score (nSPS) is 27.8. The summed E-state index contributed by atoms with van der Waals surface area (Å²) in [5, 5.41) is 0.325. The van der Waals surface area contributed by atoms with Crippen molar-refractivity contribution in [3.05, 3.63) is 10.6 Å². The summed E-state index contributed by atoms with van der Waals surface area (Å²) in [6, 6.07) is 0.156. The van der Waals surface area contributed by atoms with Crippen LogP contribution in [-0.4, -0.2) is 53.8 Å². The third-order valence-electron chi connectivity index (χ3n) is 5.33. The van der Waals surface area contributed by atoms with Gasteiger partial charge >= 0.3 is 0 Å². The quantitative estimate of drug-likeness (QED) is 0.805. The first-order valence-electron chi connectivity index (χ1n) is 9.39. The Labute approximate surface area is 156 Å². The van der Waals surface area contributed by atoms with E-state index in [0.29, 0.717) is 24.5 Å². The highest BCUT2D eigenvalue weighted by atomic mass is 32.1. The number of nitrogens with zero attached hydrogens (tertiary/aromatic N) is 2. The molecular weight excluding hydrogens is 363 g/mol. The molecule has 0 spiro atoms. The van der Waals surface area contributed by atoms with Gasteiger partial charge in [0.05, 0.1) is 5.69 Å². The van der Waals surface area contributed by atoms with E-state index in [4.69, 9.17) is 10.5 Å². The van der Waals surface area contributed by atoms with E-state index in [9.17, 15) is 13.2 Å². The summed E-state index contributed by atoms with van der Waals surface area (Å²) in [6.07, 6.45) is 4.81. The van der Waals surface area contributed by atoms with Crippen molar-refractivity contribution in [2.45, 2.75) is 69.5 Å². The van der Waals surface area contributed by atoms with Crippen molar-refractivity contribution >= 4 is 11.3 Å². The van der Waals surface area contributed by atoms with Crippen LogP contribution in [0.25, 0.3) is 0 Å². The summed E-state index contributed by atoms with van der Waals surface area (Å²) in [5.74, 6) is -2.86. The molecule has 2 aliphatic rings. The molecule has 0 bridgehead atoms. The first-order chi connectivity index (χ1) is 12.2. The zero-order valence-electron chi connectivity index (χ0n) is 15.3. The van der Waals surface area contributed by atoms with Crippen molar-refractivity contribution in [2.24, 2.45) is 5.73 Å². The maximum Gasteiger partial charge on any atom is 0.278 e. The minimum atomic E-state index is -2.86. The molecule has 148 valence electrons. The van der Waals surface area contributed by atoms with Gasteiger partial charge in [-0.15, -0.1) is 0 Å². The molecule has 8 heteroatoms. The molecule has 3 rings (SSSR count). The van der Waals surface area contributed by atoms with Gasteiger partial charge in [0.2, 0.25) is 0 Å². The summed E-state index contributed by atoms with van der Waals surface area (Å²) >= 11 is 1.36. The Bertz CT molecular complexity index is 571. The molecule has 26 heavy (non-hydrogen) atoms. The van der Waals surface area contributed by atoms with Gasteiger partial charge in [-0.25, -0.2) is 18.2 Å². The van der Waals surface area contributed by atoms with E-state index in [-0.39, 0.29) is 6.04 Å². The van der Waals surface area contributed by atoms with Crippen LogP contribution >= 0.6 is 11.3 Å². The van der Waals surface area contributed by atoms with Gasteiger partial charge in [-0.05, 0) is 38.5 Å². The fourth-order valence-corrected chi connectivity index (χ4v) is 4.57. The number of hydrogen-bond acceptors (Lipinski definition) is 5. The highest BCUT2D eigenvalue weighted by Gasteiger charge is 2.34. The van der Waals surface area contributed by atoms with Crippen molar-refractivity contribution in [3.63, 3.8) is 0 Å². The fraction of sp³-hybridized carbons (Fsp3) is 0.833. The predicted octanol–water partition coefficient (Wildman–Crippen LogP) is 3.58. The molecule has 2 N–H and O–H groups in total. The molecule has 0 aromatic carbocycles. The van der Waals surface area contributed by atoms with Gasteiger partial charge in [-0.3, -0.25) is 0 Å². The Hall–Kier alpha value is -0.860. The van der Waals surface area contributed by atoms with E-state index in [1.165, 1.54) is 11.3 Å². The molecule has 1 aromatic rings. The van der Waals surface area contributed by atoms with Crippen molar-refractivity contribution in [1.29, 1.82) is 0 Å². The van der Waals surface area contributed by atoms with Crippen LogP contribution in [0, 0.1) is 0 Å². The maximum absolute atomic E-state index is 14.9. The largest absolute Gasteiger partial charge is 0.464 e. The molecular formula is C18H28F3N3OS. The first kappa shape index (κ1) is 19.9. The number of ether oxygens (including phenoxy) is 1. The van der Waals surface area contributed by atoms with Crippen LogP contribution in [0.1, 0.15) is 49.6 Å². The Morgan fingerprint density at radius 1 is 1.31 bits per heavy atom. The summed E-state index contributed by atoms with van der Waals surface area (Å²) in [6.45, 7) is 2.59. The number of nitrogens with two attached hydrogens (primary N) is 1. The smallest absolute Gasteiger partial charge is 0.278 e. The molecule has 0 saturated heterocycles. The standard InChI is InChI=1S/C18H28F3N3OS/c1-17(19,20)12-25-16-23-14-4-9-24(10-5-15(14)26-16)11-8-18(21)6-2-13(22)3-7-18/h13H,2-12,22H2,1H3/t13-,18+. The second kappa shape index (κ2) is 8.02. The van der Waals surface area contributed by atoms with Gasteiger partial charge in [-0.1, -0.05) is 11.3 Å². The van der Waals surface area contributed by atoms with Gasteiger partial charge in [0.1, 0.15) is 5.67 Å². The van der Waals surface area contributed by atoms with Gasteiger partial charge in [0, 0.05) is 43.9 Å². The second-order valence-electron chi connectivity index (χ2n) is 7.79. The highest BCUT2D eigenvalue weighted by Crippen LogP contribution is 2.35. The van der Waals surface area contributed by atoms with E-state index >= 15 is 0 Å². The minimum Gasteiger partial charge on any atom is -0.464 e. The number of hydrogen-bond donors (Lipinski definition) is 1. The fourth-order valence-electron chi connectivity index (χ4n) is 3.63. The molecule has 0 atom stereocenters. The lowest BCUT2D eigenvalue weighted by atomic mass is 9.82. The van der Waals surface area contributed by atoms with E-state index in [0.717, 1.165) is 62.8 Å². The van der Waals surface area contributed by atoms with Crippen molar-refractivity contribution < 1.29 is 17.9 Å². The Morgan fingerprint density at radius 3 is 2.69 bits per heavy atom. The molecule has 0 radical (unpaired) electrons. The van der Waals surface area contributed by atoms with Crippen LogP contribution in [-0.2, 0) is 12.8 Å². The number of halogens is 3. The Morgan fingerprint density at radius 2 is 2.00 bits per heavy atom. The van der Waals surface area contributed by atoms with Gasteiger partial charge in [-0.2, -0.15) is 0 Å². The van der Waals surface area contributed by atoms with Crippen LogP contribution in [0.3, 0.4) is 0 Å². The molecule has 4 nitrogen and oxygen atoms in total. The zero-order valence-corrected chi connectivity index (χ0v) is 16.1. The van der Waals surface area contributed by atoms with Crippen LogP contribution < -0.4 is 10.5 Å². The lowest BCUT2D eigenvalue weighted by molar-refractivity contribution is -0.0230. The lowest BCUT2D eigenvalue weighted by Crippen LogP contribution is -2.39. The Kier molecular flexibility index (Phi) is 6.14. The highest BCUT2D eigenvalue weighted by molar-refractivity contribution is 7.13. The number of alkyl halides is 3. The van der Waals surface area contributed by atoms with Gasteiger partial charge < -0.3 is 15.4 Å². The lowest BCUT2D eigenvalue weighted by Gasteiger charge is -2.34. The SMILES string of the molecule is CC(F)(F)COc1nc2c(s1)CCN(CC[C@]1(F)CC[C@@H](N)CC1)CC2. The van der Waals surface area contributed by atoms with E-state index in [2.05, 4.69) is 9.88 Å². The number of fused-ring (bicyclic) bond motifs is 1. The minimum absolute atomic E-state index is 0.156. The van der Waals surface area contributed by atoms with Crippen LogP contribution in [0.15, 0.2) is 0 Å². The summed E-state index contributed by atoms with van der Waals surface area (Å²) in [7, 11) is 0. The third kappa shape index (κ3) is 5.57. The van der Waals surface area contributed by atoms with Gasteiger partial charge in [0.15, 0.2) is 6.61 Å². The summed E-state index contributed by atoms with van der Waals surface area (Å²) in [5.41, 5.74) is 5.74. The number of rotatable bonds is 6. The first-order valence-corrected chi connectivity index (χ1v) is 10.2. The molecule has 1 aliphatic heterocycles. The third-order valence-corrected chi connectivity index (χ3v) is 6.40. The summed E-state index contributed by atoms with van der Waals surface area (Å²) in [4.78, 5) is 7.75. The molecule has 1 saturated carbocycles. The van der Waals surface area contributed by atoms with Crippen molar-refractivity contribution in [2.75, 3.05) is 26.2 Å². The monoisotopic (exact) mass is 391 g/mol. The zero-order chi connectivity index (χ0) is 18.8. The average molecular weight is 392 g/mol.